The fourth-order valence-corrected chi connectivity index (χ4v) is 4.66. The third-order valence-corrected chi connectivity index (χ3v) is 7.74. The van der Waals surface area contributed by atoms with E-state index in [9.17, 15) is 0 Å². The van der Waals surface area contributed by atoms with Gasteiger partial charge in [-0.25, -0.2) is 0 Å². The van der Waals surface area contributed by atoms with E-state index >= 15 is 0 Å². The molecule has 1 nitrogen and oxygen atoms in total. The van der Waals surface area contributed by atoms with Crippen molar-refractivity contribution in [2.75, 3.05) is 14.1 Å². The molecule has 0 aromatic rings. The molecule has 0 atom stereocenters. The van der Waals surface area contributed by atoms with Crippen LogP contribution in [0.5, 0.6) is 0 Å². The normalized spacial score (nSPS) is 29.2. The number of nitrogens with zero attached hydrogens (tertiary/aromatic N) is 1. The van der Waals surface area contributed by atoms with Crippen molar-refractivity contribution in [2.45, 2.75) is 50.4 Å². The highest BCUT2D eigenvalue weighted by Crippen LogP contribution is 2.38. The van der Waals surface area contributed by atoms with Crippen molar-refractivity contribution < 1.29 is 0 Å². The summed E-state index contributed by atoms with van der Waals surface area (Å²) in [6.45, 7) is 8.93. The van der Waals surface area contributed by atoms with Crippen molar-refractivity contribution in [3.8, 4) is 0 Å². The minimum Gasteiger partial charge on any atom is -0.306 e. The van der Waals surface area contributed by atoms with Crippen LogP contribution in [0.3, 0.4) is 0 Å². The van der Waals surface area contributed by atoms with E-state index in [2.05, 4.69) is 44.4 Å². The minimum absolute atomic E-state index is 0.834. The Kier molecular flexibility index (Phi) is 3.96. The summed E-state index contributed by atoms with van der Waals surface area (Å²) in [6.07, 6.45) is 5.63. The average molecular weight is 211 g/mol. The molecule has 0 spiro atoms. The first-order valence-electron chi connectivity index (χ1n) is 5.77. The fraction of sp³-hybridized carbons (Fsp3) is 0.833. The Hall–Kier alpha value is -0.0831. The highest BCUT2D eigenvalue weighted by Gasteiger charge is 2.32. The number of hydrogen-bond donors (Lipinski definition) is 0. The van der Waals surface area contributed by atoms with E-state index in [0.717, 1.165) is 11.6 Å². The first-order chi connectivity index (χ1) is 6.47. The van der Waals surface area contributed by atoms with Gasteiger partial charge in [-0.2, -0.15) is 0 Å². The van der Waals surface area contributed by atoms with E-state index in [-0.39, 0.29) is 0 Å². The number of rotatable bonds is 3. The van der Waals surface area contributed by atoms with Crippen LogP contribution in [-0.4, -0.2) is 33.1 Å². The summed E-state index contributed by atoms with van der Waals surface area (Å²) in [7, 11) is 3.32. The molecule has 0 bridgehead atoms. The molecule has 0 amide bonds. The molecule has 1 fully saturated rings. The second-order valence-corrected chi connectivity index (χ2v) is 10.4. The lowest BCUT2D eigenvalue weighted by Gasteiger charge is -2.38. The predicted molar refractivity (Wildman–Crippen MR) is 67.4 cm³/mol. The zero-order valence-electron chi connectivity index (χ0n) is 10.2. The van der Waals surface area contributed by atoms with Gasteiger partial charge in [0.05, 0.1) is 8.07 Å². The standard InChI is InChI=1S/C12H25NSi/c1-6-14(4,5)12-9-7-11(8-10-12)13(2)3/h6,11-12H,1,7-10H2,2-5H3. The Balaban J connectivity index is 2.47. The maximum Gasteiger partial charge on any atom is 0.0740 e. The lowest BCUT2D eigenvalue weighted by atomic mass is 9.94. The smallest absolute Gasteiger partial charge is 0.0740 e. The molecular weight excluding hydrogens is 186 g/mol. The van der Waals surface area contributed by atoms with Crippen molar-refractivity contribution in [1.29, 1.82) is 0 Å². The van der Waals surface area contributed by atoms with E-state index in [4.69, 9.17) is 0 Å². The first kappa shape index (κ1) is 12.0. The number of hydrogen-bond acceptors (Lipinski definition) is 1. The van der Waals surface area contributed by atoms with E-state index in [1.54, 1.807) is 0 Å². The molecule has 1 aliphatic carbocycles. The zero-order valence-corrected chi connectivity index (χ0v) is 11.2. The van der Waals surface area contributed by atoms with Crippen molar-refractivity contribution in [3.05, 3.63) is 12.3 Å². The quantitative estimate of drug-likeness (QED) is 0.648. The van der Waals surface area contributed by atoms with Crippen LogP contribution in [0.4, 0.5) is 0 Å². The van der Waals surface area contributed by atoms with Gasteiger partial charge in [-0.3, -0.25) is 0 Å². The van der Waals surface area contributed by atoms with Crippen LogP contribution < -0.4 is 0 Å². The molecule has 0 aliphatic heterocycles. The topological polar surface area (TPSA) is 3.24 Å². The summed E-state index contributed by atoms with van der Waals surface area (Å²) in [5.41, 5.74) is 3.25. The van der Waals surface area contributed by atoms with Crippen molar-refractivity contribution >= 4 is 8.07 Å². The van der Waals surface area contributed by atoms with E-state index in [0.29, 0.717) is 0 Å². The second kappa shape index (κ2) is 4.62. The lowest BCUT2D eigenvalue weighted by Crippen LogP contribution is -2.38. The van der Waals surface area contributed by atoms with Gasteiger partial charge in [0.1, 0.15) is 0 Å². The summed E-state index contributed by atoms with van der Waals surface area (Å²) in [5.74, 6) is 0. The van der Waals surface area contributed by atoms with Crippen molar-refractivity contribution in [2.24, 2.45) is 0 Å². The Labute approximate surface area is 90.2 Å². The van der Waals surface area contributed by atoms with Gasteiger partial charge in [-0.15, -0.1) is 12.3 Å². The maximum atomic E-state index is 4.01. The van der Waals surface area contributed by atoms with Gasteiger partial charge in [-0.05, 0) is 32.5 Å². The molecular formula is C12H25NSi. The van der Waals surface area contributed by atoms with Crippen LogP contribution in [0.1, 0.15) is 25.7 Å². The van der Waals surface area contributed by atoms with E-state index < -0.39 is 8.07 Å². The van der Waals surface area contributed by atoms with E-state index in [1.807, 2.05) is 0 Å². The summed E-state index contributed by atoms with van der Waals surface area (Å²) >= 11 is 0. The summed E-state index contributed by atoms with van der Waals surface area (Å²) < 4.78 is 0. The fourth-order valence-electron chi connectivity index (χ4n) is 2.50. The molecule has 0 unspecified atom stereocenters. The molecule has 0 N–H and O–H groups in total. The molecule has 14 heavy (non-hydrogen) atoms. The largest absolute Gasteiger partial charge is 0.306 e. The SMILES string of the molecule is C=C[Si](C)(C)C1CCC(N(C)C)CC1. The molecule has 82 valence electrons. The molecule has 1 saturated carbocycles. The third-order valence-electron chi connectivity index (χ3n) is 4.01. The average Bonchev–Trinajstić information content (AvgIpc) is 2.18. The Bertz CT molecular complexity index is 190. The van der Waals surface area contributed by atoms with Gasteiger partial charge in [-0.1, -0.05) is 25.9 Å². The van der Waals surface area contributed by atoms with Crippen molar-refractivity contribution in [3.63, 3.8) is 0 Å². The molecule has 0 saturated heterocycles. The van der Waals surface area contributed by atoms with Gasteiger partial charge in [0.25, 0.3) is 0 Å². The zero-order chi connectivity index (χ0) is 10.8. The molecule has 0 heterocycles. The lowest BCUT2D eigenvalue weighted by molar-refractivity contribution is 0.227. The minimum atomic E-state index is -1.10. The summed E-state index contributed by atoms with van der Waals surface area (Å²) in [4.78, 5) is 2.39. The van der Waals surface area contributed by atoms with Crippen LogP contribution in [-0.2, 0) is 0 Å². The molecule has 1 rings (SSSR count). The molecule has 0 radical (unpaired) electrons. The first-order valence-corrected chi connectivity index (χ1v) is 8.93. The van der Waals surface area contributed by atoms with Gasteiger partial charge in [0, 0.05) is 6.04 Å². The highest BCUT2D eigenvalue weighted by atomic mass is 28.3. The highest BCUT2D eigenvalue weighted by molar-refractivity contribution is 6.83. The third kappa shape index (κ3) is 2.70. The maximum absolute atomic E-state index is 4.01. The van der Waals surface area contributed by atoms with Crippen LogP contribution in [0.2, 0.25) is 18.6 Å². The molecule has 0 aromatic carbocycles. The van der Waals surface area contributed by atoms with Crippen LogP contribution >= 0.6 is 0 Å². The van der Waals surface area contributed by atoms with Crippen LogP contribution in [0, 0.1) is 0 Å². The van der Waals surface area contributed by atoms with Gasteiger partial charge >= 0.3 is 0 Å². The molecule has 1 aliphatic rings. The van der Waals surface area contributed by atoms with Gasteiger partial charge in [0.2, 0.25) is 0 Å². The van der Waals surface area contributed by atoms with Crippen LogP contribution in [0.15, 0.2) is 12.3 Å². The molecule has 2 heteroatoms. The second-order valence-electron chi connectivity index (χ2n) is 5.49. The van der Waals surface area contributed by atoms with Gasteiger partial charge < -0.3 is 4.90 Å². The summed E-state index contributed by atoms with van der Waals surface area (Å²) in [5, 5.41) is 0. The van der Waals surface area contributed by atoms with E-state index in [1.165, 1.54) is 25.7 Å². The molecule has 0 aromatic heterocycles. The monoisotopic (exact) mass is 211 g/mol. The predicted octanol–water partition coefficient (Wildman–Crippen LogP) is 3.29. The Morgan fingerprint density at radius 1 is 1.14 bits per heavy atom. The van der Waals surface area contributed by atoms with Gasteiger partial charge in [0.15, 0.2) is 0 Å². The summed E-state index contributed by atoms with van der Waals surface area (Å²) in [6, 6.07) is 0.834. The Morgan fingerprint density at radius 2 is 1.64 bits per heavy atom. The Morgan fingerprint density at radius 3 is 2.00 bits per heavy atom. The van der Waals surface area contributed by atoms with Crippen molar-refractivity contribution in [1.82, 2.24) is 4.90 Å². The van der Waals surface area contributed by atoms with Crippen LogP contribution in [0.25, 0.3) is 0 Å².